The number of carbonyl (C=O) groups is 2. The maximum Gasteiger partial charge on any atom is 0.323 e. The average Bonchev–Trinajstić information content (AvgIpc) is 3.56. The van der Waals surface area contributed by atoms with E-state index in [9.17, 15) is 9.59 Å². The van der Waals surface area contributed by atoms with Crippen molar-refractivity contribution >= 4 is 35.2 Å². The van der Waals surface area contributed by atoms with Crippen LogP contribution in [0.1, 0.15) is 30.6 Å². The van der Waals surface area contributed by atoms with Gasteiger partial charge in [0.05, 0.1) is 38.5 Å². The number of likely N-dealkylation sites (N-methyl/N-ethyl adjacent to an activating group) is 1. The Labute approximate surface area is 269 Å². The summed E-state index contributed by atoms with van der Waals surface area (Å²) in [4.78, 5) is 48.7. The van der Waals surface area contributed by atoms with E-state index in [4.69, 9.17) is 24.4 Å². The summed E-state index contributed by atoms with van der Waals surface area (Å²) in [7, 11) is 4.08. The summed E-state index contributed by atoms with van der Waals surface area (Å²) < 4.78 is 11.3. The molecule has 3 atom stereocenters. The Morgan fingerprint density at radius 2 is 1.33 bits per heavy atom. The van der Waals surface area contributed by atoms with Crippen LogP contribution in [0.15, 0.2) is 48.5 Å². The normalized spacial score (nSPS) is 21.8. The summed E-state index contributed by atoms with van der Waals surface area (Å²) in [6.45, 7) is 9.56. The van der Waals surface area contributed by atoms with Crippen molar-refractivity contribution in [2.75, 3.05) is 87.1 Å². The van der Waals surface area contributed by atoms with Crippen LogP contribution in [0.25, 0.3) is 11.4 Å². The molecule has 6 rings (SSSR count). The molecule has 244 valence electrons. The topological polar surface area (TPSA) is 128 Å². The van der Waals surface area contributed by atoms with Gasteiger partial charge in [0.2, 0.25) is 11.9 Å². The number of nitrogens with one attached hydrogen (secondary N) is 2. The van der Waals surface area contributed by atoms with Gasteiger partial charge in [-0.2, -0.15) is 15.0 Å². The third-order valence-electron chi connectivity index (χ3n) is 8.83. The van der Waals surface area contributed by atoms with Crippen molar-refractivity contribution in [2.45, 2.75) is 38.4 Å². The van der Waals surface area contributed by atoms with E-state index in [1.54, 1.807) is 24.3 Å². The van der Waals surface area contributed by atoms with Gasteiger partial charge >= 0.3 is 6.03 Å². The monoisotopic (exact) mass is 629 g/mol. The fraction of sp³-hybridized carbons (Fsp3) is 0.485. The van der Waals surface area contributed by atoms with Crippen molar-refractivity contribution in [3.05, 3.63) is 54.1 Å². The number of rotatable bonds is 7. The summed E-state index contributed by atoms with van der Waals surface area (Å²) in [5.41, 5.74) is 2.64. The molecule has 1 aromatic heterocycles. The Bertz CT molecular complexity index is 1480. The number of aromatic nitrogens is 3. The number of carbonyl (C=O) groups excluding carboxylic acids is 2. The minimum atomic E-state index is -0.382. The Balaban J connectivity index is 1.12. The molecule has 0 spiro atoms. The van der Waals surface area contributed by atoms with Crippen molar-refractivity contribution in [1.82, 2.24) is 24.8 Å². The second-order valence-electron chi connectivity index (χ2n) is 12.4. The van der Waals surface area contributed by atoms with Crippen LogP contribution < -0.4 is 20.4 Å². The standard InChI is InChI=1S/C33H43N9O4/c1-22-20-45-17-15-41(22)31-36-29(37-32(38-31)42-16-18-46-21-23(42)2)24-5-9-26(10-6-24)34-33(44)35-27-11-7-25(8-12-27)30(43)40-14-13-28(19-40)39(3)4/h5-12,22-23,28H,13-21H2,1-4H3,(H2,34,35,44)/t22-,23-,28-/m0/s1. The van der Waals surface area contributed by atoms with Crippen molar-refractivity contribution in [3.8, 4) is 11.4 Å². The number of hydrogen-bond donors (Lipinski definition) is 2. The molecule has 0 aliphatic carbocycles. The van der Waals surface area contributed by atoms with Gasteiger partial charge in [-0.15, -0.1) is 0 Å². The summed E-state index contributed by atoms with van der Waals surface area (Å²) in [5.74, 6) is 1.83. The molecular formula is C33H43N9O4. The number of anilines is 4. The van der Waals surface area contributed by atoms with Crippen LogP contribution in [0, 0.1) is 0 Å². The molecule has 3 aromatic rings. The summed E-state index contributed by atoms with van der Waals surface area (Å²) in [6.07, 6.45) is 0.971. The SMILES string of the molecule is C[C@H]1COCCN1c1nc(-c2ccc(NC(=O)Nc3ccc(C(=O)N4CC[C@H](N(C)C)C4)cc3)cc2)nc(N2CCOC[C@@H]2C)n1. The van der Waals surface area contributed by atoms with E-state index in [-0.39, 0.29) is 24.0 Å². The van der Waals surface area contributed by atoms with Crippen LogP contribution in [0.5, 0.6) is 0 Å². The lowest BCUT2D eigenvalue weighted by molar-refractivity contribution is 0.0783. The van der Waals surface area contributed by atoms with E-state index < -0.39 is 0 Å². The smallest absolute Gasteiger partial charge is 0.323 e. The molecule has 3 aliphatic heterocycles. The Hall–Kier alpha value is -4.33. The molecule has 0 saturated carbocycles. The Morgan fingerprint density at radius 3 is 1.83 bits per heavy atom. The number of benzene rings is 2. The molecule has 3 aliphatic rings. The van der Waals surface area contributed by atoms with Crippen molar-refractivity contribution < 1.29 is 19.1 Å². The summed E-state index contributed by atoms with van der Waals surface area (Å²) in [5, 5.41) is 5.72. The van der Waals surface area contributed by atoms with E-state index in [0.29, 0.717) is 80.2 Å². The molecule has 0 unspecified atom stereocenters. The first kappa shape index (κ1) is 31.6. The number of nitrogens with zero attached hydrogens (tertiary/aromatic N) is 7. The van der Waals surface area contributed by atoms with Crippen LogP contribution >= 0.6 is 0 Å². The van der Waals surface area contributed by atoms with Gasteiger partial charge in [-0.05, 0) is 82.9 Å². The van der Waals surface area contributed by atoms with Crippen molar-refractivity contribution in [2.24, 2.45) is 0 Å². The fourth-order valence-corrected chi connectivity index (χ4v) is 6.01. The minimum absolute atomic E-state index is 0.0109. The zero-order chi connectivity index (χ0) is 32.2. The molecule has 13 nitrogen and oxygen atoms in total. The number of hydrogen-bond acceptors (Lipinski definition) is 10. The number of ether oxygens (including phenoxy) is 2. The van der Waals surface area contributed by atoms with Gasteiger partial charge in [0.1, 0.15) is 0 Å². The minimum Gasteiger partial charge on any atom is -0.377 e. The van der Waals surface area contributed by atoms with E-state index in [1.807, 2.05) is 43.3 Å². The van der Waals surface area contributed by atoms with Gasteiger partial charge in [0.15, 0.2) is 5.82 Å². The molecule has 13 heteroatoms. The Kier molecular flexibility index (Phi) is 9.61. The van der Waals surface area contributed by atoms with Crippen LogP contribution in [0.4, 0.5) is 28.1 Å². The molecule has 3 amide bonds. The molecule has 3 fully saturated rings. The highest BCUT2D eigenvalue weighted by molar-refractivity contribution is 6.00. The maximum absolute atomic E-state index is 12.9. The first-order chi connectivity index (χ1) is 22.2. The van der Waals surface area contributed by atoms with Gasteiger partial charge in [0.25, 0.3) is 5.91 Å². The highest BCUT2D eigenvalue weighted by atomic mass is 16.5. The molecular weight excluding hydrogens is 586 g/mol. The predicted molar refractivity (Wildman–Crippen MR) is 178 cm³/mol. The first-order valence-electron chi connectivity index (χ1n) is 15.9. The van der Waals surface area contributed by atoms with Crippen LogP contribution in [-0.4, -0.2) is 122 Å². The molecule has 2 aromatic carbocycles. The third-order valence-corrected chi connectivity index (χ3v) is 8.83. The molecule has 0 bridgehead atoms. The number of amides is 3. The van der Waals surface area contributed by atoms with Gasteiger partial charge in [-0.25, -0.2) is 4.79 Å². The van der Waals surface area contributed by atoms with Crippen LogP contribution in [0.3, 0.4) is 0 Å². The first-order valence-corrected chi connectivity index (χ1v) is 15.9. The summed E-state index contributed by atoms with van der Waals surface area (Å²) in [6, 6.07) is 14.7. The second kappa shape index (κ2) is 14.0. The van der Waals surface area contributed by atoms with Crippen LogP contribution in [-0.2, 0) is 9.47 Å². The number of urea groups is 1. The van der Waals surface area contributed by atoms with Crippen LogP contribution in [0.2, 0.25) is 0 Å². The van der Waals surface area contributed by atoms with E-state index in [0.717, 1.165) is 25.1 Å². The number of morpholine rings is 2. The lowest BCUT2D eigenvalue weighted by Gasteiger charge is -2.36. The predicted octanol–water partition coefficient (Wildman–Crippen LogP) is 3.41. The maximum atomic E-state index is 12.9. The lowest BCUT2D eigenvalue weighted by atomic mass is 10.2. The Morgan fingerprint density at radius 1 is 0.783 bits per heavy atom. The summed E-state index contributed by atoms with van der Waals surface area (Å²) >= 11 is 0. The largest absolute Gasteiger partial charge is 0.377 e. The molecule has 3 saturated heterocycles. The fourth-order valence-electron chi connectivity index (χ4n) is 6.01. The highest BCUT2D eigenvalue weighted by Gasteiger charge is 2.29. The third kappa shape index (κ3) is 7.22. The lowest BCUT2D eigenvalue weighted by Crippen LogP contribution is -2.46. The molecule has 2 N–H and O–H groups in total. The van der Waals surface area contributed by atoms with Gasteiger partial charge in [-0.1, -0.05) is 0 Å². The average molecular weight is 630 g/mol. The van der Waals surface area contributed by atoms with Gasteiger partial charge in [0, 0.05) is 54.7 Å². The second-order valence-corrected chi connectivity index (χ2v) is 12.4. The van der Waals surface area contributed by atoms with Crippen molar-refractivity contribution in [1.29, 1.82) is 0 Å². The number of likely N-dealkylation sites (tertiary alicyclic amines) is 1. The quantitative estimate of drug-likeness (QED) is 0.401. The molecule has 0 radical (unpaired) electrons. The van der Waals surface area contributed by atoms with E-state index in [2.05, 4.69) is 39.2 Å². The van der Waals surface area contributed by atoms with Gasteiger partial charge in [-0.3, -0.25) is 4.79 Å². The highest BCUT2D eigenvalue weighted by Crippen LogP contribution is 2.26. The van der Waals surface area contributed by atoms with Crippen molar-refractivity contribution in [3.63, 3.8) is 0 Å². The van der Waals surface area contributed by atoms with Gasteiger partial charge < -0.3 is 39.7 Å². The molecule has 46 heavy (non-hydrogen) atoms. The zero-order valence-corrected chi connectivity index (χ0v) is 27.0. The van der Waals surface area contributed by atoms with E-state index in [1.165, 1.54) is 0 Å². The van der Waals surface area contributed by atoms with E-state index >= 15 is 0 Å². The zero-order valence-electron chi connectivity index (χ0n) is 27.0. The molecule has 4 heterocycles.